The van der Waals surface area contributed by atoms with Crippen molar-refractivity contribution in [3.63, 3.8) is 0 Å². The molecule has 0 aliphatic heterocycles. The quantitative estimate of drug-likeness (QED) is 0.497. The smallest absolute Gasteiger partial charge is 0.0504 e. The van der Waals surface area contributed by atoms with E-state index in [1.807, 2.05) is 12.1 Å². The summed E-state index contributed by atoms with van der Waals surface area (Å²) in [6.07, 6.45) is 6.99. The first kappa shape index (κ1) is 9.31. The van der Waals surface area contributed by atoms with E-state index in [2.05, 4.69) is 53.7 Å². The van der Waals surface area contributed by atoms with E-state index < -0.39 is 0 Å². The van der Waals surface area contributed by atoms with Gasteiger partial charge < -0.3 is 0 Å². The number of hydrogen-bond acceptors (Lipinski definition) is 0. The van der Waals surface area contributed by atoms with Crippen LogP contribution in [-0.4, -0.2) is 0 Å². The first-order chi connectivity index (χ1) is 5.16. The van der Waals surface area contributed by atoms with E-state index in [9.17, 15) is 0 Å². The molecule has 0 saturated heterocycles. The van der Waals surface area contributed by atoms with E-state index in [0.717, 1.165) is 19.0 Å². The Balaban J connectivity index is 3.44. The minimum atomic E-state index is 0.722. The molecule has 3 heteroatoms. The maximum absolute atomic E-state index is 6.99. The second-order valence-electron chi connectivity index (χ2n) is 1.84. The summed E-state index contributed by atoms with van der Waals surface area (Å²) >= 11 is 9.97. The van der Waals surface area contributed by atoms with E-state index in [-0.39, 0.29) is 0 Å². The third-order valence-electron chi connectivity index (χ3n) is 1.17. The molecule has 0 amide bonds. The Labute approximate surface area is 90.8 Å². The van der Waals surface area contributed by atoms with E-state index in [4.69, 9.17) is 6.42 Å². The molecule has 0 atom stereocenters. The van der Waals surface area contributed by atoms with Gasteiger partial charge in [0, 0.05) is 13.4 Å². The fraction of sp³-hybridized carbons (Fsp3) is 0. The van der Waals surface area contributed by atoms with Crippen LogP contribution >= 0.6 is 47.8 Å². The van der Waals surface area contributed by atoms with Gasteiger partial charge in [-0.1, -0.05) is 5.92 Å². The minimum Gasteiger partial charge on any atom is -0.0504 e. The van der Waals surface area contributed by atoms with Gasteiger partial charge in [0.2, 0.25) is 0 Å². The molecule has 0 nitrogen and oxygen atoms in total. The van der Waals surface area contributed by atoms with Gasteiger partial charge in [-0.05, 0) is 66.3 Å². The van der Waals surface area contributed by atoms with Gasteiger partial charge in [0.25, 0.3) is 0 Å². The summed E-state index contributed by atoms with van der Waals surface area (Å²) in [6.45, 7) is 0. The minimum absolute atomic E-state index is 0.722. The molecule has 1 aromatic rings. The first-order valence-electron chi connectivity index (χ1n) is 2.73. The van der Waals surface area contributed by atoms with Crippen molar-refractivity contribution in [3.8, 4) is 5.92 Å². The molecule has 0 aromatic heterocycles. The standard InChI is InChI=1S/C8H2Br3/c1-2-5-6(9)3-4-7(10)8(5)11/h3-4H. The number of benzene rings is 1. The van der Waals surface area contributed by atoms with Crippen LogP contribution in [0.25, 0.3) is 0 Å². The molecule has 0 bridgehead atoms. The molecule has 0 saturated carbocycles. The summed E-state index contributed by atoms with van der Waals surface area (Å²) in [5, 5.41) is 0. The Morgan fingerprint density at radius 1 is 1.09 bits per heavy atom. The zero-order chi connectivity index (χ0) is 8.43. The van der Waals surface area contributed by atoms with Crippen molar-refractivity contribution >= 4 is 47.8 Å². The van der Waals surface area contributed by atoms with Gasteiger partial charge in [-0.25, -0.2) is 0 Å². The molecule has 0 unspecified atom stereocenters. The van der Waals surface area contributed by atoms with Crippen molar-refractivity contribution < 1.29 is 0 Å². The molecular formula is C8H2Br3. The van der Waals surface area contributed by atoms with Gasteiger partial charge in [0.1, 0.15) is 0 Å². The van der Waals surface area contributed by atoms with Crippen LogP contribution in [0.15, 0.2) is 25.6 Å². The lowest BCUT2D eigenvalue weighted by atomic mass is 10.2. The number of rotatable bonds is 0. The average molecular weight is 338 g/mol. The normalized spacial score (nSPS) is 9.27. The summed E-state index contributed by atoms with van der Waals surface area (Å²) < 4.78 is 2.64. The van der Waals surface area contributed by atoms with Gasteiger partial charge in [0.15, 0.2) is 0 Å². The molecule has 11 heavy (non-hydrogen) atoms. The molecule has 1 radical (unpaired) electrons. The first-order valence-corrected chi connectivity index (χ1v) is 5.11. The van der Waals surface area contributed by atoms with Crippen LogP contribution in [0.4, 0.5) is 0 Å². The Bertz CT molecular complexity index is 323. The molecule has 55 valence electrons. The van der Waals surface area contributed by atoms with Gasteiger partial charge in [-0.3, -0.25) is 0 Å². The second-order valence-corrected chi connectivity index (χ2v) is 4.34. The van der Waals surface area contributed by atoms with Gasteiger partial charge in [0.05, 0.1) is 5.56 Å². The molecule has 1 rings (SSSR count). The fourth-order valence-electron chi connectivity index (χ4n) is 0.642. The summed E-state index contributed by atoms with van der Waals surface area (Å²) in [7, 11) is 0. The topological polar surface area (TPSA) is 0 Å². The van der Waals surface area contributed by atoms with Crippen molar-refractivity contribution in [2.45, 2.75) is 0 Å². The van der Waals surface area contributed by atoms with Crippen molar-refractivity contribution in [3.05, 3.63) is 37.5 Å². The molecule has 0 heterocycles. The third-order valence-corrected chi connectivity index (χ3v) is 3.85. The highest BCUT2D eigenvalue weighted by Crippen LogP contribution is 2.31. The van der Waals surface area contributed by atoms with Gasteiger partial charge in [-0.15, -0.1) is 0 Å². The molecule has 0 spiro atoms. The van der Waals surface area contributed by atoms with E-state index in [1.54, 1.807) is 0 Å². The van der Waals surface area contributed by atoms with Crippen LogP contribution in [0, 0.1) is 12.3 Å². The fourth-order valence-corrected chi connectivity index (χ4v) is 2.11. The lowest BCUT2D eigenvalue weighted by Crippen LogP contribution is -1.80. The monoisotopic (exact) mass is 335 g/mol. The SMILES string of the molecule is [C]#Cc1c(Br)ccc(Br)c1Br. The van der Waals surface area contributed by atoms with E-state index in [1.165, 1.54) is 0 Å². The van der Waals surface area contributed by atoms with Crippen LogP contribution in [0.5, 0.6) is 0 Å². The summed E-state index contributed by atoms with van der Waals surface area (Å²) in [5.74, 6) is 2.33. The Kier molecular flexibility index (Phi) is 3.17. The summed E-state index contributed by atoms with van der Waals surface area (Å²) in [6, 6.07) is 3.76. The van der Waals surface area contributed by atoms with Crippen molar-refractivity contribution in [1.82, 2.24) is 0 Å². The predicted molar refractivity (Wildman–Crippen MR) is 55.8 cm³/mol. The highest BCUT2D eigenvalue weighted by molar-refractivity contribution is 9.13. The predicted octanol–water partition coefficient (Wildman–Crippen LogP) is 3.91. The molecular weight excluding hydrogens is 336 g/mol. The van der Waals surface area contributed by atoms with Crippen LogP contribution in [0.3, 0.4) is 0 Å². The highest BCUT2D eigenvalue weighted by Gasteiger charge is 2.04. The second kappa shape index (κ2) is 3.75. The van der Waals surface area contributed by atoms with Crippen molar-refractivity contribution in [2.75, 3.05) is 0 Å². The zero-order valence-corrected chi connectivity index (χ0v) is 10.0. The molecule has 0 N–H and O–H groups in total. The van der Waals surface area contributed by atoms with Gasteiger partial charge >= 0.3 is 0 Å². The Morgan fingerprint density at radius 2 is 1.64 bits per heavy atom. The van der Waals surface area contributed by atoms with Crippen LogP contribution in [-0.2, 0) is 0 Å². The lowest BCUT2D eigenvalue weighted by Gasteiger charge is -2.00. The maximum Gasteiger partial charge on any atom is 0.0551 e. The van der Waals surface area contributed by atoms with Crippen molar-refractivity contribution in [2.24, 2.45) is 0 Å². The number of hydrogen-bond donors (Lipinski definition) is 0. The third kappa shape index (κ3) is 1.87. The molecule has 0 aliphatic rings. The Morgan fingerprint density at radius 3 is 2.09 bits per heavy atom. The van der Waals surface area contributed by atoms with Crippen LogP contribution < -0.4 is 0 Å². The molecule has 0 aliphatic carbocycles. The van der Waals surface area contributed by atoms with Gasteiger partial charge in [-0.2, -0.15) is 0 Å². The highest BCUT2D eigenvalue weighted by atomic mass is 79.9. The maximum atomic E-state index is 6.99. The van der Waals surface area contributed by atoms with Crippen molar-refractivity contribution in [1.29, 1.82) is 0 Å². The summed E-state index contributed by atoms with van der Waals surface area (Å²) in [5.41, 5.74) is 0.722. The van der Waals surface area contributed by atoms with Crippen LogP contribution in [0.2, 0.25) is 0 Å². The molecule has 1 aromatic carbocycles. The summed E-state index contributed by atoms with van der Waals surface area (Å²) in [4.78, 5) is 0. The van der Waals surface area contributed by atoms with E-state index in [0.29, 0.717) is 0 Å². The lowest BCUT2D eigenvalue weighted by molar-refractivity contribution is 1.50. The molecule has 0 fully saturated rings. The number of halogens is 3. The zero-order valence-electron chi connectivity index (χ0n) is 5.29. The van der Waals surface area contributed by atoms with Crippen LogP contribution in [0.1, 0.15) is 5.56 Å². The Hall–Kier alpha value is 0.220. The largest absolute Gasteiger partial charge is 0.0551 e. The average Bonchev–Trinajstić information content (AvgIpc) is 1.99. The van der Waals surface area contributed by atoms with E-state index >= 15 is 0 Å².